The molecular weight excluding hydrogens is 371 g/mol. The SMILES string of the molecule is Cc1onc(-c2ccccc2Cl)c1C(=O)NC[C@@H]1Cc2cc(F)ccc2O1. The van der Waals surface area contributed by atoms with E-state index in [0.29, 0.717) is 39.8 Å². The third-order valence-electron chi connectivity index (χ3n) is 4.47. The number of hydrogen-bond acceptors (Lipinski definition) is 4. The highest BCUT2D eigenvalue weighted by Gasteiger charge is 2.26. The van der Waals surface area contributed by atoms with Crippen molar-refractivity contribution < 1.29 is 18.4 Å². The number of aromatic nitrogens is 1. The minimum Gasteiger partial charge on any atom is -0.488 e. The zero-order valence-corrected chi connectivity index (χ0v) is 15.2. The van der Waals surface area contributed by atoms with Crippen molar-refractivity contribution in [2.45, 2.75) is 19.4 Å². The average Bonchev–Trinajstić information content (AvgIpc) is 3.23. The number of hydrogen-bond donors (Lipinski definition) is 1. The fourth-order valence-corrected chi connectivity index (χ4v) is 3.40. The van der Waals surface area contributed by atoms with Crippen molar-refractivity contribution in [3.05, 3.63) is 70.2 Å². The van der Waals surface area contributed by atoms with Gasteiger partial charge < -0.3 is 14.6 Å². The molecule has 0 radical (unpaired) electrons. The van der Waals surface area contributed by atoms with Crippen LogP contribution in [-0.2, 0) is 6.42 Å². The fourth-order valence-electron chi connectivity index (χ4n) is 3.17. The molecular formula is C20H16ClFN2O3. The van der Waals surface area contributed by atoms with Crippen molar-refractivity contribution in [2.24, 2.45) is 0 Å². The number of amides is 1. The van der Waals surface area contributed by atoms with Crippen LogP contribution in [-0.4, -0.2) is 23.7 Å². The molecule has 1 atom stereocenters. The highest BCUT2D eigenvalue weighted by molar-refractivity contribution is 6.33. The average molecular weight is 387 g/mol. The van der Waals surface area contributed by atoms with Crippen LogP contribution in [0.2, 0.25) is 5.02 Å². The maximum atomic E-state index is 13.3. The molecule has 7 heteroatoms. The summed E-state index contributed by atoms with van der Waals surface area (Å²) < 4.78 is 24.3. The van der Waals surface area contributed by atoms with Crippen molar-refractivity contribution in [1.82, 2.24) is 10.5 Å². The van der Waals surface area contributed by atoms with E-state index in [2.05, 4.69) is 10.5 Å². The van der Waals surface area contributed by atoms with Gasteiger partial charge >= 0.3 is 0 Å². The number of nitrogens with one attached hydrogen (secondary N) is 1. The molecule has 0 saturated heterocycles. The molecule has 138 valence electrons. The minimum absolute atomic E-state index is 0.255. The largest absolute Gasteiger partial charge is 0.488 e. The summed E-state index contributed by atoms with van der Waals surface area (Å²) in [5.41, 5.74) is 2.16. The summed E-state index contributed by atoms with van der Waals surface area (Å²) in [6.07, 6.45) is 0.280. The van der Waals surface area contributed by atoms with E-state index in [1.165, 1.54) is 12.1 Å². The number of carbonyl (C=O) groups excluding carboxylic acids is 1. The van der Waals surface area contributed by atoms with Crippen molar-refractivity contribution in [1.29, 1.82) is 0 Å². The molecule has 0 spiro atoms. The molecule has 4 rings (SSSR count). The van der Waals surface area contributed by atoms with E-state index >= 15 is 0 Å². The van der Waals surface area contributed by atoms with Crippen LogP contribution < -0.4 is 10.1 Å². The van der Waals surface area contributed by atoms with E-state index in [1.54, 1.807) is 31.2 Å². The predicted octanol–water partition coefficient (Wildman–Crippen LogP) is 4.18. The normalized spacial score (nSPS) is 15.3. The van der Waals surface area contributed by atoms with Gasteiger partial charge in [0.1, 0.15) is 34.7 Å². The zero-order chi connectivity index (χ0) is 19.0. The molecule has 0 saturated carbocycles. The maximum Gasteiger partial charge on any atom is 0.257 e. The summed E-state index contributed by atoms with van der Waals surface area (Å²) in [6, 6.07) is 11.5. The lowest BCUT2D eigenvalue weighted by Gasteiger charge is -2.12. The Morgan fingerprint density at radius 1 is 1.33 bits per heavy atom. The first-order chi connectivity index (χ1) is 13.0. The molecule has 1 amide bonds. The highest BCUT2D eigenvalue weighted by Crippen LogP contribution is 2.31. The first-order valence-electron chi connectivity index (χ1n) is 8.47. The van der Waals surface area contributed by atoms with Crippen LogP contribution in [0.5, 0.6) is 5.75 Å². The van der Waals surface area contributed by atoms with Gasteiger partial charge in [0.25, 0.3) is 5.91 Å². The summed E-state index contributed by atoms with van der Waals surface area (Å²) in [6.45, 7) is 1.95. The smallest absolute Gasteiger partial charge is 0.257 e. The third kappa shape index (κ3) is 3.40. The van der Waals surface area contributed by atoms with Gasteiger partial charge in [0.2, 0.25) is 0 Å². The number of ether oxygens (including phenoxy) is 1. The van der Waals surface area contributed by atoms with Crippen LogP contribution in [0.3, 0.4) is 0 Å². The number of carbonyl (C=O) groups is 1. The van der Waals surface area contributed by atoms with Gasteiger partial charge in [-0.2, -0.15) is 0 Å². The van der Waals surface area contributed by atoms with E-state index in [1.807, 2.05) is 6.07 Å². The van der Waals surface area contributed by atoms with E-state index in [4.69, 9.17) is 20.9 Å². The summed E-state index contributed by atoms with van der Waals surface area (Å²) in [4.78, 5) is 12.7. The third-order valence-corrected chi connectivity index (χ3v) is 4.80. The van der Waals surface area contributed by atoms with Gasteiger partial charge in [-0.05, 0) is 31.2 Å². The van der Waals surface area contributed by atoms with Crippen LogP contribution in [0.1, 0.15) is 21.7 Å². The molecule has 5 nitrogen and oxygen atoms in total. The van der Waals surface area contributed by atoms with Crippen LogP contribution in [0.25, 0.3) is 11.3 Å². The Morgan fingerprint density at radius 2 is 2.15 bits per heavy atom. The van der Waals surface area contributed by atoms with Crippen molar-refractivity contribution >= 4 is 17.5 Å². The van der Waals surface area contributed by atoms with E-state index in [-0.39, 0.29) is 24.4 Å². The van der Waals surface area contributed by atoms with Gasteiger partial charge in [-0.25, -0.2) is 4.39 Å². The second-order valence-corrected chi connectivity index (χ2v) is 6.76. The monoisotopic (exact) mass is 386 g/mol. The molecule has 3 aromatic rings. The molecule has 1 aliphatic rings. The van der Waals surface area contributed by atoms with E-state index in [0.717, 1.165) is 5.56 Å². The Bertz CT molecular complexity index is 1020. The molecule has 27 heavy (non-hydrogen) atoms. The molecule has 1 N–H and O–H groups in total. The van der Waals surface area contributed by atoms with Crippen LogP contribution in [0.4, 0.5) is 4.39 Å². The summed E-state index contributed by atoms with van der Waals surface area (Å²) >= 11 is 6.23. The topological polar surface area (TPSA) is 64.4 Å². The van der Waals surface area contributed by atoms with Crippen LogP contribution in [0.15, 0.2) is 47.0 Å². The maximum absolute atomic E-state index is 13.3. The predicted molar refractivity (Wildman–Crippen MR) is 98.5 cm³/mol. The summed E-state index contributed by atoms with van der Waals surface area (Å²) in [7, 11) is 0. The molecule has 0 unspecified atom stereocenters. The standard InChI is InChI=1S/C20H16ClFN2O3/c1-11-18(19(24-27-11)15-4-2-3-5-16(15)21)20(25)23-10-14-9-12-8-13(22)6-7-17(12)26-14/h2-8,14H,9-10H2,1H3,(H,23,25)/t14-/m0/s1. The van der Waals surface area contributed by atoms with Crippen LogP contribution in [0, 0.1) is 12.7 Å². The lowest BCUT2D eigenvalue weighted by atomic mass is 10.1. The van der Waals surface area contributed by atoms with Crippen molar-refractivity contribution in [3.8, 4) is 17.0 Å². The zero-order valence-electron chi connectivity index (χ0n) is 14.5. The number of nitrogens with zero attached hydrogens (tertiary/aromatic N) is 1. The van der Waals surface area contributed by atoms with E-state index in [9.17, 15) is 9.18 Å². The molecule has 0 fully saturated rings. The molecule has 1 aliphatic heterocycles. The van der Waals surface area contributed by atoms with Gasteiger partial charge in [0.05, 0.1) is 11.6 Å². The number of benzene rings is 2. The lowest BCUT2D eigenvalue weighted by molar-refractivity contribution is 0.0932. The first-order valence-corrected chi connectivity index (χ1v) is 8.85. The minimum atomic E-state index is -0.325. The first kappa shape index (κ1) is 17.5. The highest BCUT2D eigenvalue weighted by atomic mass is 35.5. The van der Waals surface area contributed by atoms with Crippen molar-refractivity contribution in [2.75, 3.05) is 6.54 Å². The Kier molecular flexibility index (Phi) is 4.58. The van der Waals surface area contributed by atoms with Gasteiger partial charge in [-0.15, -0.1) is 0 Å². The Hall–Kier alpha value is -2.86. The molecule has 0 aliphatic carbocycles. The quantitative estimate of drug-likeness (QED) is 0.730. The molecule has 2 aromatic carbocycles. The Morgan fingerprint density at radius 3 is 2.96 bits per heavy atom. The van der Waals surface area contributed by atoms with Crippen molar-refractivity contribution in [3.63, 3.8) is 0 Å². The van der Waals surface area contributed by atoms with Gasteiger partial charge in [-0.3, -0.25) is 4.79 Å². The van der Waals surface area contributed by atoms with Gasteiger partial charge in [0, 0.05) is 17.5 Å². The van der Waals surface area contributed by atoms with Crippen LogP contribution >= 0.6 is 11.6 Å². The fraction of sp³-hybridized carbons (Fsp3) is 0.200. The Labute approximate surface area is 160 Å². The molecule has 1 aromatic heterocycles. The van der Waals surface area contributed by atoms with Gasteiger partial charge in [0.15, 0.2) is 0 Å². The number of aryl methyl sites for hydroxylation is 1. The van der Waals surface area contributed by atoms with E-state index < -0.39 is 0 Å². The lowest BCUT2D eigenvalue weighted by Crippen LogP contribution is -2.34. The number of rotatable bonds is 4. The number of fused-ring (bicyclic) bond motifs is 1. The second-order valence-electron chi connectivity index (χ2n) is 6.35. The molecule has 2 heterocycles. The Balaban J connectivity index is 1.49. The summed E-state index contributed by atoms with van der Waals surface area (Å²) in [5.74, 6) is 0.426. The number of halogens is 2. The summed E-state index contributed by atoms with van der Waals surface area (Å²) in [5, 5.41) is 7.33. The second kappa shape index (κ2) is 7.04. The molecule has 0 bridgehead atoms. The van der Waals surface area contributed by atoms with Gasteiger partial charge in [-0.1, -0.05) is 35.0 Å².